The lowest BCUT2D eigenvalue weighted by atomic mass is 9.84. The minimum absolute atomic E-state index is 0.0350. The standard InChI is InChI=1S/C28H41N5O6S/c1-16-7-9-19(10-8-16)33(40(37,38)39)23(27(2,3)4)26(36)32-15-20-21(28(20,5)6)22(32)25(35)31-18(14-29)13-17-11-12-30-24(17)34/h7-10,17-18,20-24,30,34H,11-13,15H2,1-6H3,(H,31,35)(H,37,38,39)/t17-,18-,20?,21?,22?,23+,24-/m0/s1. The van der Waals surface area contributed by atoms with Gasteiger partial charge in [-0.2, -0.15) is 13.7 Å². The third kappa shape index (κ3) is 5.70. The Balaban J connectivity index is 1.66. The Morgan fingerprint density at radius 2 is 1.90 bits per heavy atom. The van der Waals surface area contributed by atoms with Gasteiger partial charge in [-0.1, -0.05) is 52.3 Å². The van der Waals surface area contributed by atoms with E-state index in [1.165, 1.54) is 17.0 Å². The van der Waals surface area contributed by atoms with Gasteiger partial charge < -0.3 is 15.3 Å². The molecule has 3 unspecified atom stereocenters. The van der Waals surface area contributed by atoms with Gasteiger partial charge in [0.2, 0.25) is 11.8 Å². The summed E-state index contributed by atoms with van der Waals surface area (Å²) in [4.78, 5) is 29.5. The van der Waals surface area contributed by atoms with E-state index in [2.05, 4.69) is 16.7 Å². The largest absolute Gasteiger partial charge is 0.378 e. The summed E-state index contributed by atoms with van der Waals surface area (Å²) in [7, 11) is -4.88. The van der Waals surface area contributed by atoms with Crippen LogP contribution in [0.2, 0.25) is 0 Å². The quantitative estimate of drug-likeness (QED) is 0.341. The summed E-state index contributed by atoms with van der Waals surface area (Å²) in [5.41, 5.74) is -0.143. The van der Waals surface area contributed by atoms with Crippen molar-refractivity contribution in [1.82, 2.24) is 15.5 Å². The van der Waals surface area contributed by atoms with E-state index < -0.39 is 51.9 Å². The fraction of sp³-hybridized carbons (Fsp3) is 0.679. The highest BCUT2D eigenvalue weighted by molar-refractivity contribution is 7.87. The van der Waals surface area contributed by atoms with Gasteiger partial charge in [-0.25, -0.2) is 4.31 Å². The van der Waals surface area contributed by atoms with E-state index in [9.17, 15) is 32.9 Å². The van der Waals surface area contributed by atoms with Crippen molar-refractivity contribution < 1.29 is 27.7 Å². The average Bonchev–Trinajstić information content (AvgIpc) is 3.18. The average molecular weight is 576 g/mol. The van der Waals surface area contributed by atoms with Crippen LogP contribution in [0.1, 0.15) is 53.0 Å². The molecule has 1 aromatic rings. The number of nitrogens with one attached hydrogen (secondary N) is 2. The molecule has 2 saturated heterocycles. The van der Waals surface area contributed by atoms with Crippen molar-refractivity contribution in [3.63, 3.8) is 0 Å². The highest BCUT2D eigenvalue weighted by Crippen LogP contribution is 2.65. The molecule has 1 saturated carbocycles. The third-order valence-corrected chi connectivity index (χ3v) is 9.83. The van der Waals surface area contributed by atoms with Crippen LogP contribution in [0, 0.1) is 46.8 Å². The maximum atomic E-state index is 14.3. The molecule has 12 heteroatoms. The van der Waals surface area contributed by atoms with Crippen LogP contribution in [-0.4, -0.2) is 72.2 Å². The highest BCUT2D eigenvalue weighted by Gasteiger charge is 2.70. The van der Waals surface area contributed by atoms with Crippen LogP contribution in [0.3, 0.4) is 0 Å². The molecule has 4 N–H and O–H groups in total. The molecule has 0 bridgehead atoms. The molecule has 1 aromatic carbocycles. The van der Waals surface area contributed by atoms with Gasteiger partial charge in [0.15, 0.2) is 0 Å². The van der Waals surface area contributed by atoms with Crippen LogP contribution in [0.5, 0.6) is 0 Å². The van der Waals surface area contributed by atoms with Crippen LogP contribution in [-0.2, 0) is 19.9 Å². The molecule has 4 rings (SSSR count). The number of rotatable bonds is 8. The van der Waals surface area contributed by atoms with Gasteiger partial charge >= 0.3 is 10.3 Å². The fourth-order valence-electron chi connectivity index (χ4n) is 6.59. The molecule has 0 spiro atoms. The molecule has 1 aliphatic carbocycles. The van der Waals surface area contributed by atoms with Crippen molar-refractivity contribution >= 4 is 27.8 Å². The minimum Gasteiger partial charge on any atom is -0.378 e. The third-order valence-electron chi connectivity index (χ3n) is 8.91. The lowest BCUT2D eigenvalue weighted by Gasteiger charge is -2.42. The number of hydrogen-bond acceptors (Lipinski definition) is 7. The molecule has 0 radical (unpaired) electrons. The van der Waals surface area contributed by atoms with Crippen LogP contribution < -0.4 is 14.9 Å². The van der Waals surface area contributed by atoms with Gasteiger partial charge in [0.1, 0.15) is 24.4 Å². The van der Waals surface area contributed by atoms with Crippen LogP contribution in [0.4, 0.5) is 5.69 Å². The fourth-order valence-corrected chi connectivity index (χ4v) is 7.65. The lowest BCUT2D eigenvalue weighted by Crippen LogP contribution is -2.61. The Morgan fingerprint density at radius 1 is 1.27 bits per heavy atom. The van der Waals surface area contributed by atoms with Crippen molar-refractivity contribution in [2.45, 2.75) is 78.7 Å². The summed E-state index contributed by atoms with van der Waals surface area (Å²) < 4.78 is 36.6. The molecule has 2 aliphatic heterocycles. The predicted molar refractivity (Wildman–Crippen MR) is 149 cm³/mol. The smallest absolute Gasteiger partial charge is 0.360 e. The summed E-state index contributed by atoms with van der Waals surface area (Å²) in [5.74, 6) is -1.36. The number of aliphatic hydroxyl groups is 1. The number of aliphatic hydroxyl groups excluding tert-OH is 1. The summed E-state index contributed by atoms with van der Waals surface area (Å²) in [6, 6.07) is 5.48. The van der Waals surface area contributed by atoms with Crippen molar-refractivity contribution in [2.24, 2.45) is 28.6 Å². The zero-order valence-corrected chi connectivity index (χ0v) is 24.8. The number of benzene rings is 1. The number of hydrogen-bond donors (Lipinski definition) is 4. The molecule has 2 heterocycles. The molecule has 3 aliphatic rings. The van der Waals surface area contributed by atoms with E-state index in [1.54, 1.807) is 32.9 Å². The Morgan fingerprint density at radius 3 is 2.40 bits per heavy atom. The van der Waals surface area contributed by atoms with Crippen molar-refractivity contribution in [2.75, 3.05) is 17.4 Å². The Hall–Kier alpha value is -2.72. The molecule has 11 nitrogen and oxygen atoms in total. The number of amides is 2. The van der Waals surface area contributed by atoms with Gasteiger partial charge in [0, 0.05) is 12.5 Å². The van der Waals surface area contributed by atoms with Gasteiger partial charge in [0.25, 0.3) is 0 Å². The first-order valence-corrected chi connectivity index (χ1v) is 15.1. The first kappa shape index (κ1) is 30.2. The van der Waals surface area contributed by atoms with Crippen molar-refractivity contribution in [3.05, 3.63) is 29.8 Å². The van der Waals surface area contributed by atoms with E-state index in [1.807, 2.05) is 20.8 Å². The number of fused-ring (bicyclic) bond motifs is 1. The zero-order valence-electron chi connectivity index (χ0n) is 24.0. The van der Waals surface area contributed by atoms with Crippen LogP contribution in [0.15, 0.2) is 24.3 Å². The number of likely N-dealkylation sites (tertiary alicyclic amines) is 1. The number of anilines is 1. The molecule has 40 heavy (non-hydrogen) atoms. The summed E-state index contributed by atoms with van der Waals surface area (Å²) in [6.45, 7) is 11.9. The molecular weight excluding hydrogens is 534 g/mol. The summed E-state index contributed by atoms with van der Waals surface area (Å²) >= 11 is 0. The van der Waals surface area contributed by atoms with E-state index in [0.29, 0.717) is 13.0 Å². The summed E-state index contributed by atoms with van der Waals surface area (Å²) in [6.07, 6.45) is 0.201. The number of carbonyl (C=O) groups excluding carboxylic acids is 2. The van der Waals surface area contributed by atoms with Gasteiger partial charge in [-0.3, -0.25) is 19.5 Å². The van der Waals surface area contributed by atoms with Gasteiger partial charge in [-0.15, -0.1) is 0 Å². The van der Waals surface area contributed by atoms with Crippen molar-refractivity contribution in [3.8, 4) is 6.07 Å². The Labute approximate surface area is 236 Å². The van der Waals surface area contributed by atoms with Crippen molar-refractivity contribution in [1.29, 1.82) is 5.26 Å². The molecular formula is C28H41N5O6S. The number of aryl methyl sites for hydroxylation is 1. The second-order valence-corrected chi connectivity index (χ2v) is 14.4. The second kappa shape index (κ2) is 10.6. The zero-order chi connectivity index (χ0) is 29.8. The molecule has 3 fully saturated rings. The number of carbonyl (C=O) groups is 2. The topological polar surface area (TPSA) is 163 Å². The predicted octanol–water partition coefficient (Wildman–Crippen LogP) is 1.83. The first-order valence-electron chi connectivity index (χ1n) is 13.7. The van der Waals surface area contributed by atoms with E-state index in [-0.39, 0.29) is 41.8 Å². The SMILES string of the molecule is Cc1ccc(N([C@H](C(=O)N2CC3C(C2C(=O)N[C@H](C#N)C[C@@H]2CCN[C@H]2O)C3(C)C)C(C)(C)C)S(=O)(=O)O)cc1. The lowest BCUT2D eigenvalue weighted by molar-refractivity contribution is -0.143. The van der Waals surface area contributed by atoms with Crippen LogP contribution >= 0.6 is 0 Å². The normalized spacial score (nSPS) is 28.8. The summed E-state index contributed by atoms with van der Waals surface area (Å²) in [5, 5.41) is 25.6. The minimum atomic E-state index is -4.88. The van der Waals surface area contributed by atoms with Gasteiger partial charge in [-0.05, 0) is 61.1 Å². The number of piperidine rings is 1. The number of nitriles is 1. The van der Waals surface area contributed by atoms with Gasteiger partial charge in [0.05, 0.1) is 11.8 Å². The van der Waals surface area contributed by atoms with E-state index in [4.69, 9.17) is 0 Å². The maximum Gasteiger partial charge on any atom is 0.360 e. The highest BCUT2D eigenvalue weighted by atomic mass is 32.2. The first-order chi connectivity index (χ1) is 18.5. The van der Waals surface area contributed by atoms with E-state index >= 15 is 0 Å². The molecule has 220 valence electrons. The Kier molecular flexibility index (Phi) is 8.01. The Bertz CT molecular complexity index is 1290. The maximum absolute atomic E-state index is 14.3. The monoisotopic (exact) mass is 575 g/mol. The molecule has 0 aromatic heterocycles. The number of nitrogens with zero attached hydrogens (tertiary/aromatic N) is 3. The molecule has 2 amide bonds. The molecule has 7 atom stereocenters. The van der Waals surface area contributed by atoms with E-state index in [0.717, 1.165) is 9.87 Å². The van der Waals surface area contributed by atoms with Crippen LogP contribution in [0.25, 0.3) is 0 Å². The second-order valence-electron chi connectivity index (χ2n) is 13.1.